The third kappa shape index (κ3) is 4.47. The van der Waals surface area contributed by atoms with Crippen molar-refractivity contribution in [3.05, 3.63) is 68.3 Å². The molecule has 0 spiro atoms. The van der Waals surface area contributed by atoms with Crippen LogP contribution in [0.3, 0.4) is 0 Å². The normalized spacial score (nSPS) is 11.7. The Hall–Kier alpha value is -2.00. The monoisotopic (exact) mass is 423 g/mol. The highest BCUT2D eigenvalue weighted by atomic mass is 35.5. The minimum absolute atomic E-state index is 0.0459. The summed E-state index contributed by atoms with van der Waals surface area (Å²) in [6.07, 6.45) is 0. The number of sulfonamides is 1. The van der Waals surface area contributed by atoms with E-state index in [1.807, 2.05) is 17.5 Å². The van der Waals surface area contributed by atoms with E-state index >= 15 is 0 Å². The summed E-state index contributed by atoms with van der Waals surface area (Å²) in [6, 6.07) is 10.1. The van der Waals surface area contributed by atoms with Gasteiger partial charge in [0.1, 0.15) is 5.69 Å². The minimum Gasteiger partial charge on any atom is -0.268 e. The SMILES string of the molecule is Cc1cc(S(=O)(=O)NCCn2nc(-c3cccs3)ccc2=O)c(C)cc1Cl. The molecule has 0 radical (unpaired) electrons. The lowest BCUT2D eigenvalue weighted by Crippen LogP contribution is -2.32. The summed E-state index contributed by atoms with van der Waals surface area (Å²) >= 11 is 7.55. The smallest absolute Gasteiger partial charge is 0.266 e. The third-order valence-electron chi connectivity index (χ3n) is 4.00. The van der Waals surface area contributed by atoms with Gasteiger partial charge in [0.15, 0.2) is 0 Å². The van der Waals surface area contributed by atoms with Crippen LogP contribution in [-0.4, -0.2) is 24.7 Å². The number of halogens is 1. The van der Waals surface area contributed by atoms with Gasteiger partial charge in [-0.05, 0) is 54.6 Å². The summed E-state index contributed by atoms with van der Waals surface area (Å²) in [5.41, 5.74) is 1.64. The number of benzene rings is 1. The molecule has 0 amide bonds. The van der Waals surface area contributed by atoms with Crippen molar-refractivity contribution >= 4 is 33.0 Å². The topological polar surface area (TPSA) is 81.1 Å². The van der Waals surface area contributed by atoms with Gasteiger partial charge in [0.05, 0.1) is 16.3 Å². The lowest BCUT2D eigenvalue weighted by molar-refractivity contribution is 0.548. The molecule has 1 aromatic carbocycles. The molecule has 0 unspecified atom stereocenters. The number of nitrogens with one attached hydrogen (secondary N) is 1. The summed E-state index contributed by atoms with van der Waals surface area (Å²) in [5, 5.41) is 6.76. The first kappa shape index (κ1) is 19.8. The molecule has 6 nitrogen and oxygen atoms in total. The zero-order valence-electron chi connectivity index (χ0n) is 14.8. The Morgan fingerprint density at radius 2 is 1.96 bits per heavy atom. The number of thiophene rings is 1. The number of hydrogen-bond donors (Lipinski definition) is 1. The van der Waals surface area contributed by atoms with Crippen molar-refractivity contribution < 1.29 is 8.42 Å². The molecule has 3 rings (SSSR count). The fourth-order valence-corrected chi connectivity index (χ4v) is 4.81. The van der Waals surface area contributed by atoms with Crippen molar-refractivity contribution in [2.24, 2.45) is 0 Å². The van der Waals surface area contributed by atoms with E-state index in [-0.39, 0.29) is 23.5 Å². The first-order valence-electron chi connectivity index (χ1n) is 8.16. The van der Waals surface area contributed by atoms with Crippen molar-refractivity contribution in [3.63, 3.8) is 0 Å². The van der Waals surface area contributed by atoms with Crippen molar-refractivity contribution in [2.75, 3.05) is 6.54 Å². The number of nitrogens with zero attached hydrogens (tertiary/aromatic N) is 2. The average Bonchev–Trinajstić information content (AvgIpc) is 3.14. The Bertz CT molecular complexity index is 1120. The molecule has 9 heteroatoms. The summed E-state index contributed by atoms with van der Waals surface area (Å²) in [5.74, 6) is 0. The molecule has 1 N–H and O–H groups in total. The predicted octanol–water partition coefficient (Wildman–Crippen LogP) is 3.22. The molecule has 0 fully saturated rings. The highest BCUT2D eigenvalue weighted by molar-refractivity contribution is 7.89. The van der Waals surface area contributed by atoms with Crippen molar-refractivity contribution in [2.45, 2.75) is 25.3 Å². The molecule has 142 valence electrons. The van der Waals surface area contributed by atoms with Crippen LogP contribution >= 0.6 is 22.9 Å². The van der Waals surface area contributed by atoms with Crippen LogP contribution in [0.5, 0.6) is 0 Å². The first-order valence-corrected chi connectivity index (χ1v) is 10.9. The molecule has 27 heavy (non-hydrogen) atoms. The molecule has 3 aromatic rings. The third-order valence-corrected chi connectivity index (χ3v) is 6.90. The number of aromatic nitrogens is 2. The van der Waals surface area contributed by atoms with E-state index in [1.54, 1.807) is 32.0 Å². The predicted molar refractivity (Wildman–Crippen MR) is 108 cm³/mol. The second kappa shape index (κ2) is 7.93. The number of hydrogen-bond acceptors (Lipinski definition) is 5. The van der Waals surface area contributed by atoms with Gasteiger partial charge < -0.3 is 0 Å². The van der Waals surface area contributed by atoms with Gasteiger partial charge in [0, 0.05) is 17.6 Å². The maximum absolute atomic E-state index is 12.6. The van der Waals surface area contributed by atoms with E-state index in [9.17, 15) is 13.2 Å². The highest BCUT2D eigenvalue weighted by Gasteiger charge is 2.18. The quantitative estimate of drug-likeness (QED) is 0.660. The van der Waals surface area contributed by atoms with Gasteiger partial charge >= 0.3 is 0 Å². The maximum atomic E-state index is 12.6. The van der Waals surface area contributed by atoms with E-state index < -0.39 is 10.0 Å². The summed E-state index contributed by atoms with van der Waals surface area (Å²) in [6.45, 7) is 3.62. The van der Waals surface area contributed by atoms with E-state index in [0.29, 0.717) is 21.8 Å². The molecule has 0 aliphatic carbocycles. The van der Waals surface area contributed by atoms with Gasteiger partial charge in [-0.25, -0.2) is 17.8 Å². The van der Waals surface area contributed by atoms with E-state index in [0.717, 1.165) is 4.88 Å². The van der Waals surface area contributed by atoms with Crippen LogP contribution in [0.1, 0.15) is 11.1 Å². The standard InChI is InChI=1S/C18H18ClN3O3S2/c1-12-11-17(13(2)10-14(12)19)27(24,25)20-7-8-22-18(23)6-5-15(21-22)16-4-3-9-26-16/h3-6,9-11,20H,7-8H2,1-2H3. The maximum Gasteiger partial charge on any atom is 0.266 e. The number of rotatable bonds is 6. The molecule has 0 atom stereocenters. The van der Waals surface area contributed by atoms with Crippen molar-refractivity contribution in [1.29, 1.82) is 0 Å². The molecule has 0 aliphatic heterocycles. The van der Waals surface area contributed by atoms with Crippen LogP contribution in [0, 0.1) is 13.8 Å². The van der Waals surface area contributed by atoms with Gasteiger partial charge in [-0.1, -0.05) is 17.7 Å². The largest absolute Gasteiger partial charge is 0.268 e. The zero-order valence-corrected chi connectivity index (χ0v) is 17.2. The van der Waals surface area contributed by atoms with Crippen LogP contribution in [0.25, 0.3) is 10.6 Å². The molecule has 0 saturated heterocycles. The van der Waals surface area contributed by atoms with Crippen LogP contribution in [0.15, 0.2) is 51.5 Å². The summed E-state index contributed by atoms with van der Waals surface area (Å²) in [4.78, 5) is 13.1. The van der Waals surface area contributed by atoms with Gasteiger partial charge in [-0.2, -0.15) is 5.10 Å². The van der Waals surface area contributed by atoms with E-state index in [4.69, 9.17) is 11.6 Å². The summed E-state index contributed by atoms with van der Waals surface area (Å²) in [7, 11) is -3.72. The Kier molecular flexibility index (Phi) is 5.81. The van der Waals surface area contributed by atoms with Crippen LogP contribution < -0.4 is 10.3 Å². The molecule has 0 bridgehead atoms. The van der Waals surface area contributed by atoms with E-state index in [1.165, 1.54) is 22.1 Å². The van der Waals surface area contributed by atoms with Crippen molar-refractivity contribution in [1.82, 2.24) is 14.5 Å². The van der Waals surface area contributed by atoms with Crippen LogP contribution in [0.4, 0.5) is 0 Å². The second-order valence-corrected chi connectivity index (χ2v) is 9.11. The Labute approximate surface area is 166 Å². The average molecular weight is 424 g/mol. The minimum atomic E-state index is -3.72. The van der Waals surface area contributed by atoms with Gasteiger partial charge in [-0.3, -0.25) is 4.79 Å². The summed E-state index contributed by atoms with van der Waals surface area (Å²) < 4.78 is 29.0. The lowest BCUT2D eigenvalue weighted by atomic mass is 10.2. The Morgan fingerprint density at radius 1 is 1.19 bits per heavy atom. The van der Waals surface area contributed by atoms with Crippen LogP contribution in [0.2, 0.25) is 5.02 Å². The fourth-order valence-electron chi connectivity index (χ4n) is 2.57. The number of aryl methyl sites for hydroxylation is 2. The molecule has 0 aliphatic rings. The first-order chi connectivity index (χ1) is 12.8. The van der Waals surface area contributed by atoms with Crippen molar-refractivity contribution in [3.8, 4) is 10.6 Å². The lowest BCUT2D eigenvalue weighted by Gasteiger charge is -2.12. The fraction of sp³-hybridized carbons (Fsp3) is 0.222. The second-order valence-electron chi connectivity index (χ2n) is 6.02. The molecule has 2 aromatic heterocycles. The molecular weight excluding hydrogens is 406 g/mol. The Balaban J connectivity index is 1.75. The Morgan fingerprint density at radius 3 is 2.67 bits per heavy atom. The van der Waals surface area contributed by atoms with E-state index in [2.05, 4.69) is 9.82 Å². The molecule has 0 saturated carbocycles. The molecular formula is C18H18ClN3O3S2. The zero-order chi connectivity index (χ0) is 19.6. The van der Waals surface area contributed by atoms with Gasteiger partial charge in [-0.15, -0.1) is 11.3 Å². The van der Waals surface area contributed by atoms with Gasteiger partial charge in [0.25, 0.3) is 5.56 Å². The van der Waals surface area contributed by atoms with Gasteiger partial charge in [0.2, 0.25) is 10.0 Å². The molecule has 2 heterocycles. The van der Waals surface area contributed by atoms with Crippen LogP contribution in [-0.2, 0) is 16.6 Å². The highest BCUT2D eigenvalue weighted by Crippen LogP contribution is 2.24.